The van der Waals surface area contributed by atoms with E-state index in [0.717, 1.165) is 23.1 Å². The summed E-state index contributed by atoms with van der Waals surface area (Å²) in [6.07, 6.45) is 1.00. The lowest BCUT2D eigenvalue weighted by Gasteiger charge is -2.09. The molecule has 6 heteroatoms. The van der Waals surface area contributed by atoms with Crippen LogP contribution in [-0.2, 0) is 19.6 Å². The van der Waals surface area contributed by atoms with Crippen LogP contribution in [0, 0.1) is 13.8 Å². The average Bonchev–Trinajstić information content (AvgIpc) is 3.04. The number of aliphatic hydroxyl groups is 1. The van der Waals surface area contributed by atoms with E-state index in [9.17, 15) is 9.90 Å². The summed E-state index contributed by atoms with van der Waals surface area (Å²) in [5.41, 5.74) is 5.73. The minimum atomic E-state index is -0.307. The third-order valence-corrected chi connectivity index (χ3v) is 4.69. The monoisotopic (exact) mass is 364 g/mol. The van der Waals surface area contributed by atoms with Gasteiger partial charge in [0.05, 0.1) is 18.8 Å². The van der Waals surface area contributed by atoms with Crippen LogP contribution in [0.1, 0.15) is 45.4 Å². The summed E-state index contributed by atoms with van der Waals surface area (Å²) in [5.74, 6) is -0.307. The van der Waals surface area contributed by atoms with Crippen LogP contribution in [0.15, 0.2) is 42.5 Å². The van der Waals surface area contributed by atoms with E-state index in [1.54, 1.807) is 10.7 Å². The van der Waals surface area contributed by atoms with Gasteiger partial charge in [0.15, 0.2) is 5.69 Å². The van der Waals surface area contributed by atoms with E-state index in [4.69, 9.17) is 0 Å². The van der Waals surface area contributed by atoms with E-state index in [2.05, 4.69) is 46.8 Å². The number of aliphatic hydroxyl groups excluding tert-OH is 1. The molecule has 0 aliphatic rings. The van der Waals surface area contributed by atoms with E-state index in [0.29, 0.717) is 23.6 Å². The predicted octanol–water partition coefficient (Wildman–Crippen LogP) is 3.25. The van der Waals surface area contributed by atoms with Crippen molar-refractivity contribution in [2.75, 3.05) is 5.32 Å². The number of anilines is 1. The Morgan fingerprint density at radius 1 is 1.07 bits per heavy atom. The van der Waals surface area contributed by atoms with Crippen LogP contribution in [0.5, 0.6) is 0 Å². The number of aromatic nitrogens is 3. The molecule has 0 bridgehead atoms. The molecule has 27 heavy (non-hydrogen) atoms. The third-order valence-electron chi connectivity index (χ3n) is 4.69. The van der Waals surface area contributed by atoms with E-state index >= 15 is 0 Å². The van der Waals surface area contributed by atoms with Gasteiger partial charge < -0.3 is 10.4 Å². The fraction of sp³-hybridized carbons (Fsp3) is 0.286. The van der Waals surface area contributed by atoms with Gasteiger partial charge >= 0.3 is 0 Å². The molecule has 6 nitrogen and oxygen atoms in total. The van der Waals surface area contributed by atoms with Crippen LogP contribution >= 0.6 is 0 Å². The second kappa shape index (κ2) is 8.14. The van der Waals surface area contributed by atoms with Gasteiger partial charge in [0.1, 0.15) is 0 Å². The van der Waals surface area contributed by atoms with Gasteiger partial charge in [-0.05, 0) is 48.6 Å². The SMILES string of the molecule is CCc1ccc(Cn2nnc(C(=O)Nc3cc(CO)ccc3C)c2C)cc1. The Hall–Kier alpha value is -2.99. The Morgan fingerprint density at radius 2 is 1.74 bits per heavy atom. The molecule has 1 amide bonds. The van der Waals surface area contributed by atoms with Crippen molar-refractivity contribution in [3.8, 4) is 0 Å². The molecule has 1 aromatic heterocycles. The summed E-state index contributed by atoms with van der Waals surface area (Å²) in [7, 11) is 0. The van der Waals surface area contributed by atoms with E-state index in [1.165, 1.54) is 5.56 Å². The highest BCUT2D eigenvalue weighted by atomic mass is 16.3. The molecule has 0 fully saturated rings. The standard InChI is InChI=1S/C21H24N4O2/c1-4-16-7-9-17(10-8-16)12-25-15(3)20(23-24-25)21(27)22-19-11-18(13-26)6-5-14(19)2/h5-11,26H,4,12-13H2,1-3H3,(H,22,27). The van der Waals surface area contributed by atoms with Gasteiger partial charge in [-0.15, -0.1) is 5.10 Å². The van der Waals surface area contributed by atoms with Crippen molar-refractivity contribution < 1.29 is 9.90 Å². The Bertz CT molecular complexity index is 945. The van der Waals surface area contributed by atoms with Gasteiger partial charge in [0, 0.05) is 5.69 Å². The zero-order valence-electron chi connectivity index (χ0n) is 15.9. The minimum absolute atomic E-state index is 0.0742. The summed E-state index contributed by atoms with van der Waals surface area (Å²) >= 11 is 0. The first-order chi connectivity index (χ1) is 13.0. The summed E-state index contributed by atoms with van der Waals surface area (Å²) in [6.45, 7) is 6.36. The molecule has 0 saturated carbocycles. The van der Waals surface area contributed by atoms with Crippen LogP contribution in [-0.4, -0.2) is 26.0 Å². The number of hydrogen-bond acceptors (Lipinski definition) is 4. The number of amides is 1. The molecular weight excluding hydrogens is 340 g/mol. The van der Waals surface area contributed by atoms with Crippen molar-refractivity contribution in [2.24, 2.45) is 0 Å². The molecule has 0 spiro atoms. The molecule has 0 radical (unpaired) electrons. The highest BCUT2D eigenvalue weighted by Crippen LogP contribution is 2.18. The van der Waals surface area contributed by atoms with Crippen LogP contribution in [0.25, 0.3) is 0 Å². The number of nitrogens with zero attached hydrogens (tertiary/aromatic N) is 3. The topological polar surface area (TPSA) is 80.0 Å². The second-order valence-corrected chi connectivity index (χ2v) is 6.61. The molecular formula is C21H24N4O2. The van der Waals surface area contributed by atoms with Gasteiger partial charge in [0.2, 0.25) is 0 Å². The highest BCUT2D eigenvalue weighted by Gasteiger charge is 2.17. The number of nitrogens with one attached hydrogen (secondary N) is 1. The van der Waals surface area contributed by atoms with E-state index in [-0.39, 0.29) is 12.5 Å². The number of carbonyl (C=O) groups excluding carboxylic acids is 1. The van der Waals surface area contributed by atoms with Crippen molar-refractivity contribution in [3.05, 3.63) is 76.1 Å². The lowest BCUT2D eigenvalue weighted by atomic mass is 10.1. The molecule has 0 aliphatic heterocycles. The zero-order chi connectivity index (χ0) is 19.4. The van der Waals surface area contributed by atoms with Gasteiger partial charge in [-0.3, -0.25) is 4.79 Å². The molecule has 3 aromatic rings. The Balaban J connectivity index is 1.76. The van der Waals surface area contributed by atoms with Crippen molar-refractivity contribution >= 4 is 11.6 Å². The number of aryl methyl sites for hydroxylation is 2. The van der Waals surface area contributed by atoms with E-state index < -0.39 is 0 Å². The molecule has 0 saturated heterocycles. The number of hydrogen-bond donors (Lipinski definition) is 2. The number of carbonyl (C=O) groups is 1. The van der Waals surface area contributed by atoms with Gasteiger partial charge in [-0.1, -0.05) is 48.5 Å². The van der Waals surface area contributed by atoms with E-state index in [1.807, 2.05) is 26.0 Å². The third kappa shape index (κ3) is 4.23. The largest absolute Gasteiger partial charge is 0.392 e. The lowest BCUT2D eigenvalue weighted by molar-refractivity contribution is 0.102. The smallest absolute Gasteiger partial charge is 0.278 e. The Kier molecular flexibility index (Phi) is 5.66. The van der Waals surface area contributed by atoms with Gasteiger partial charge in [0.25, 0.3) is 5.91 Å². The maximum Gasteiger partial charge on any atom is 0.278 e. The highest BCUT2D eigenvalue weighted by molar-refractivity contribution is 6.03. The molecule has 0 aliphatic carbocycles. The fourth-order valence-corrected chi connectivity index (χ4v) is 2.86. The van der Waals surface area contributed by atoms with Gasteiger partial charge in [-0.2, -0.15) is 0 Å². The molecule has 1 heterocycles. The first-order valence-corrected chi connectivity index (χ1v) is 9.01. The normalized spacial score (nSPS) is 10.8. The quantitative estimate of drug-likeness (QED) is 0.704. The zero-order valence-corrected chi connectivity index (χ0v) is 15.9. The maximum atomic E-state index is 12.6. The van der Waals surface area contributed by atoms with Crippen molar-refractivity contribution in [2.45, 2.75) is 40.3 Å². The van der Waals surface area contributed by atoms with Gasteiger partial charge in [-0.25, -0.2) is 4.68 Å². The molecule has 3 rings (SSSR count). The van der Waals surface area contributed by atoms with Crippen molar-refractivity contribution in [1.82, 2.24) is 15.0 Å². The molecule has 2 N–H and O–H groups in total. The first-order valence-electron chi connectivity index (χ1n) is 9.01. The summed E-state index contributed by atoms with van der Waals surface area (Å²) in [5, 5.41) is 20.4. The maximum absolute atomic E-state index is 12.6. The number of benzene rings is 2. The number of rotatable bonds is 6. The molecule has 0 unspecified atom stereocenters. The lowest BCUT2D eigenvalue weighted by Crippen LogP contribution is -2.15. The fourth-order valence-electron chi connectivity index (χ4n) is 2.86. The molecule has 2 aromatic carbocycles. The Morgan fingerprint density at radius 3 is 2.41 bits per heavy atom. The summed E-state index contributed by atoms with van der Waals surface area (Å²) < 4.78 is 1.73. The molecule has 0 atom stereocenters. The van der Waals surface area contributed by atoms with Crippen LogP contribution < -0.4 is 5.32 Å². The average molecular weight is 364 g/mol. The summed E-state index contributed by atoms with van der Waals surface area (Å²) in [4.78, 5) is 12.6. The second-order valence-electron chi connectivity index (χ2n) is 6.61. The Labute approximate surface area is 158 Å². The van der Waals surface area contributed by atoms with Crippen LogP contribution in [0.2, 0.25) is 0 Å². The predicted molar refractivity (Wildman–Crippen MR) is 105 cm³/mol. The first kappa shape index (κ1) is 18.8. The minimum Gasteiger partial charge on any atom is -0.392 e. The van der Waals surface area contributed by atoms with Crippen LogP contribution in [0.3, 0.4) is 0 Å². The van der Waals surface area contributed by atoms with Crippen LogP contribution in [0.4, 0.5) is 5.69 Å². The summed E-state index contributed by atoms with van der Waals surface area (Å²) in [6, 6.07) is 13.8. The van der Waals surface area contributed by atoms with Crippen molar-refractivity contribution in [1.29, 1.82) is 0 Å². The molecule has 140 valence electrons. The van der Waals surface area contributed by atoms with Crippen molar-refractivity contribution in [3.63, 3.8) is 0 Å².